The Morgan fingerprint density at radius 1 is 1.27 bits per heavy atom. The van der Waals surface area contributed by atoms with E-state index in [9.17, 15) is 4.79 Å². The van der Waals surface area contributed by atoms with Gasteiger partial charge in [-0.05, 0) is 32.4 Å². The van der Waals surface area contributed by atoms with Crippen LogP contribution in [0.25, 0.3) is 5.65 Å². The summed E-state index contributed by atoms with van der Waals surface area (Å²) in [6.07, 6.45) is 2.41. The van der Waals surface area contributed by atoms with E-state index in [1.165, 1.54) is 0 Å². The molecule has 3 aromatic rings. The predicted octanol–water partition coefficient (Wildman–Crippen LogP) is 3.14. The molecule has 0 aliphatic heterocycles. The fourth-order valence-electron chi connectivity index (χ4n) is 2.42. The monoisotopic (exact) mass is 356 g/mol. The van der Waals surface area contributed by atoms with Gasteiger partial charge in [-0.1, -0.05) is 12.1 Å². The first kappa shape index (κ1) is 17.5. The van der Waals surface area contributed by atoms with Gasteiger partial charge in [-0.3, -0.25) is 9.72 Å². The summed E-state index contributed by atoms with van der Waals surface area (Å²) in [4.78, 5) is 16.1. The van der Waals surface area contributed by atoms with Gasteiger partial charge in [0, 0.05) is 12.4 Å². The van der Waals surface area contributed by atoms with Gasteiger partial charge in [-0.25, -0.2) is 9.78 Å². The van der Waals surface area contributed by atoms with E-state index in [0.717, 1.165) is 11.3 Å². The molecule has 9 nitrogen and oxygen atoms in total. The van der Waals surface area contributed by atoms with Crippen molar-refractivity contribution in [3.05, 3.63) is 36.2 Å². The number of carbonyl (C=O) groups excluding carboxylic acids is 1. The second-order valence-electron chi connectivity index (χ2n) is 5.85. The second-order valence-corrected chi connectivity index (χ2v) is 5.85. The highest BCUT2D eigenvalue weighted by Crippen LogP contribution is 2.31. The number of anilines is 3. The minimum absolute atomic E-state index is 0.235. The lowest BCUT2D eigenvalue weighted by Crippen LogP contribution is -2.19. The maximum atomic E-state index is 11.8. The van der Waals surface area contributed by atoms with Crippen LogP contribution in [-0.2, 0) is 4.74 Å². The zero-order valence-electron chi connectivity index (χ0n) is 15.0. The number of fused-ring (bicyclic) bond motifs is 1. The lowest BCUT2D eigenvalue weighted by Gasteiger charge is -2.13. The number of methoxy groups -OCH3 is 1. The van der Waals surface area contributed by atoms with Crippen LogP contribution in [0.2, 0.25) is 0 Å². The van der Waals surface area contributed by atoms with Gasteiger partial charge in [0.05, 0.1) is 18.9 Å². The minimum Gasteiger partial charge on any atom is -0.495 e. The molecule has 0 saturated heterocycles. The van der Waals surface area contributed by atoms with Crippen molar-refractivity contribution in [1.82, 2.24) is 19.6 Å². The van der Waals surface area contributed by atoms with E-state index in [1.807, 2.05) is 25.1 Å². The Hall–Kier alpha value is -3.36. The van der Waals surface area contributed by atoms with Crippen LogP contribution in [0.5, 0.6) is 5.75 Å². The van der Waals surface area contributed by atoms with Crippen LogP contribution in [-0.4, -0.2) is 38.9 Å². The zero-order chi connectivity index (χ0) is 18.7. The Balaban J connectivity index is 1.93. The highest BCUT2D eigenvalue weighted by atomic mass is 16.6. The fraction of sp³-hybridized carbons (Fsp3) is 0.294. The molecule has 0 spiro atoms. The average Bonchev–Trinajstić information content (AvgIpc) is 3.00. The molecule has 0 atom stereocenters. The molecule has 0 radical (unpaired) electrons. The first-order valence-corrected chi connectivity index (χ1v) is 8.07. The summed E-state index contributed by atoms with van der Waals surface area (Å²) >= 11 is 0. The van der Waals surface area contributed by atoms with Gasteiger partial charge in [-0.2, -0.15) is 0 Å². The zero-order valence-corrected chi connectivity index (χ0v) is 15.0. The predicted molar refractivity (Wildman–Crippen MR) is 97.0 cm³/mol. The number of benzene rings is 1. The first-order chi connectivity index (χ1) is 12.5. The van der Waals surface area contributed by atoms with E-state index in [-0.39, 0.29) is 12.1 Å². The third-order valence-corrected chi connectivity index (χ3v) is 3.58. The second kappa shape index (κ2) is 7.26. The molecular weight excluding hydrogens is 336 g/mol. The number of hydrogen-bond acceptors (Lipinski definition) is 7. The van der Waals surface area contributed by atoms with Crippen LogP contribution in [0.1, 0.15) is 19.4 Å². The highest BCUT2D eigenvalue weighted by molar-refractivity contribution is 5.84. The lowest BCUT2D eigenvalue weighted by atomic mass is 10.2. The molecule has 1 aromatic carbocycles. The molecule has 136 valence electrons. The molecule has 9 heteroatoms. The van der Waals surface area contributed by atoms with Gasteiger partial charge in [-0.15, -0.1) is 10.2 Å². The number of aromatic nitrogens is 4. The van der Waals surface area contributed by atoms with Crippen molar-refractivity contribution < 1.29 is 14.3 Å². The quantitative estimate of drug-likeness (QED) is 0.724. The number of ether oxygens (including phenoxy) is 2. The average molecular weight is 356 g/mol. The van der Waals surface area contributed by atoms with Crippen LogP contribution in [0.4, 0.5) is 22.2 Å². The van der Waals surface area contributed by atoms with Crippen molar-refractivity contribution in [1.29, 1.82) is 0 Å². The number of para-hydroxylation sites is 1. The van der Waals surface area contributed by atoms with Crippen LogP contribution in [0, 0.1) is 6.92 Å². The van der Waals surface area contributed by atoms with E-state index < -0.39 is 6.09 Å². The Bertz CT molecular complexity index is 937. The van der Waals surface area contributed by atoms with E-state index >= 15 is 0 Å². The van der Waals surface area contributed by atoms with Gasteiger partial charge in [0.25, 0.3) is 0 Å². The highest BCUT2D eigenvalue weighted by Gasteiger charge is 2.16. The Labute approximate surface area is 150 Å². The molecular formula is C17H20N6O3. The van der Waals surface area contributed by atoms with Crippen molar-refractivity contribution in [2.45, 2.75) is 26.9 Å². The summed E-state index contributed by atoms with van der Waals surface area (Å²) in [6.45, 7) is 5.50. The van der Waals surface area contributed by atoms with Crippen LogP contribution in [0.15, 0.2) is 30.6 Å². The van der Waals surface area contributed by atoms with Crippen LogP contribution in [0.3, 0.4) is 0 Å². The van der Waals surface area contributed by atoms with Crippen molar-refractivity contribution in [3.63, 3.8) is 0 Å². The number of carbonyl (C=O) groups is 1. The van der Waals surface area contributed by atoms with Gasteiger partial charge in [0.2, 0.25) is 11.6 Å². The summed E-state index contributed by atoms with van der Waals surface area (Å²) in [5.41, 5.74) is 2.23. The Morgan fingerprint density at radius 2 is 2.08 bits per heavy atom. The topological polar surface area (TPSA) is 103 Å². The van der Waals surface area contributed by atoms with E-state index in [1.54, 1.807) is 37.8 Å². The molecule has 0 aliphatic carbocycles. The molecule has 0 unspecified atom stereocenters. The van der Waals surface area contributed by atoms with E-state index in [2.05, 4.69) is 25.8 Å². The minimum atomic E-state index is -0.596. The third kappa shape index (κ3) is 3.51. The maximum absolute atomic E-state index is 11.8. The van der Waals surface area contributed by atoms with Crippen LogP contribution >= 0.6 is 0 Å². The molecule has 0 aliphatic rings. The number of amides is 1. The van der Waals surface area contributed by atoms with Gasteiger partial charge in [0.1, 0.15) is 5.75 Å². The van der Waals surface area contributed by atoms with Crippen molar-refractivity contribution >= 4 is 29.2 Å². The maximum Gasteiger partial charge on any atom is 0.414 e. The summed E-state index contributed by atoms with van der Waals surface area (Å²) in [5, 5.41) is 13.9. The number of hydrogen-bond donors (Lipinski definition) is 2. The molecule has 1 amide bonds. The van der Waals surface area contributed by atoms with E-state index in [4.69, 9.17) is 9.47 Å². The van der Waals surface area contributed by atoms with Crippen LogP contribution < -0.4 is 15.4 Å². The molecule has 2 aromatic heterocycles. The van der Waals surface area contributed by atoms with Gasteiger partial charge >= 0.3 is 6.09 Å². The summed E-state index contributed by atoms with van der Waals surface area (Å²) in [5.74, 6) is 1.41. The smallest absolute Gasteiger partial charge is 0.414 e. The third-order valence-electron chi connectivity index (χ3n) is 3.58. The molecule has 3 rings (SSSR count). The normalized spacial score (nSPS) is 10.8. The first-order valence-electron chi connectivity index (χ1n) is 8.07. The molecule has 0 fully saturated rings. The van der Waals surface area contributed by atoms with Gasteiger partial charge < -0.3 is 14.8 Å². The number of nitrogens with zero attached hydrogens (tertiary/aromatic N) is 4. The fourth-order valence-corrected chi connectivity index (χ4v) is 2.42. The molecule has 0 saturated carbocycles. The van der Waals surface area contributed by atoms with E-state index in [0.29, 0.717) is 17.2 Å². The molecule has 0 bridgehead atoms. The molecule has 26 heavy (non-hydrogen) atoms. The Morgan fingerprint density at radius 3 is 2.81 bits per heavy atom. The SMILES string of the molecule is COc1cccc(C)c1Nc1nccn2c(NC(=O)OC(C)C)nnc12. The Kier molecular flexibility index (Phi) is 4.87. The lowest BCUT2D eigenvalue weighted by molar-refractivity contribution is 0.129. The number of aryl methyl sites for hydroxylation is 1. The number of rotatable bonds is 5. The molecule has 2 N–H and O–H groups in total. The van der Waals surface area contributed by atoms with Crippen molar-refractivity contribution in [3.8, 4) is 5.75 Å². The summed E-state index contributed by atoms with van der Waals surface area (Å²) in [7, 11) is 1.60. The standard InChI is InChI=1S/C17H20N6O3/c1-10(2)26-17(24)20-16-22-21-15-14(18-8-9-23(15)16)19-13-11(3)6-5-7-12(13)25-4/h5-10H,1-4H3,(H,18,19)(H,20,22,24). The number of nitrogens with one attached hydrogen (secondary N) is 2. The molecule has 2 heterocycles. The van der Waals surface area contributed by atoms with Crippen molar-refractivity contribution in [2.24, 2.45) is 0 Å². The summed E-state index contributed by atoms with van der Waals surface area (Å²) < 4.78 is 12.1. The summed E-state index contributed by atoms with van der Waals surface area (Å²) in [6, 6.07) is 5.73. The largest absolute Gasteiger partial charge is 0.495 e. The van der Waals surface area contributed by atoms with Crippen molar-refractivity contribution in [2.75, 3.05) is 17.7 Å². The van der Waals surface area contributed by atoms with Gasteiger partial charge in [0.15, 0.2) is 5.82 Å².